The summed E-state index contributed by atoms with van der Waals surface area (Å²) in [6.07, 6.45) is 5.21. The highest BCUT2D eigenvalue weighted by atomic mass is 32.2. The molecule has 3 rings (SSSR count). The molecule has 26 heavy (non-hydrogen) atoms. The van der Waals surface area contributed by atoms with E-state index in [1.165, 1.54) is 32.7 Å². The molecule has 7 nitrogen and oxygen atoms in total. The number of fused-ring (bicyclic) bond motifs is 2. The Morgan fingerprint density at radius 3 is 2.46 bits per heavy atom. The van der Waals surface area contributed by atoms with E-state index in [-0.39, 0.29) is 28.6 Å². The summed E-state index contributed by atoms with van der Waals surface area (Å²) in [5.74, 6) is 0.759. The quantitative estimate of drug-likeness (QED) is 0.711. The van der Waals surface area contributed by atoms with Crippen LogP contribution in [0.2, 0.25) is 0 Å². The maximum atomic E-state index is 12.8. The standard InChI is InChI=1S/C18H27N3O4S/c1-20-26(23,24)16-10-13(6-7-15(16)25-2)18(22)21-17-11-4-3-5-12(17)9-14(19)8-11/h6-7,10-12,14,17,20H,3-5,8-9,19H2,1-2H3,(H,21,22). The lowest BCUT2D eigenvalue weighted by atomic mass is 9.67. The van der Waals surface area contributed by atoms with E-state index in [1.807, 2.05) is 0 Å². The van der Waals surface area contributed by atoms with E-state index in [2.05, 4.69) is 10.0 Å². The average Bonchev–Trinajstić information content (AvgIpc) is 2.61. The van der Waals surface area contributed by atoms with Crippen LogP contribution >= 0.6 is 0 Å². The maximum absolute atomic E-state index is 12.8. The molecule has 144 valence electrons. The number of rotatable bonds is 5. The van der Waals surface area contributed by atoms with Gasteiger partial charge in [0.2, 0.25) is 10.0 Å². The van der Waals surface area contributed by atoms with Crippen LogP contribution in [0.5, 0.6) is 5.75 Å². The third-order valence-corrected chi connectivity index (χ3v) is 7.09. The predicted octanol–water partition coefficient (Wildman–Crippen LogP) is 1.24. The Hall–Kier alpha value is -1.64. The summed E-state index contributed by atoms with van der Waals surface area (Å²) >= 11 is 0. The van der Waals surface area contributed by atoms with E-state index in [9.17, 15) is 13.2 Å². The third kappa shape index (κ3) is 3.72. The summed E-state index contributed by atoms with van der Waals surface area (Å²) in [7, 11) is -0.998. The van der Waals surface area contributed by atoms with E-state index in [0.29, 0.717) is 17.4 Å². The van der Waals surface area contributed by atoms with Crippen molar-refractivity contribution in [3.63, 3.8) is 0 Å². The maximum Gasteiger partial charge on any atom is 0.251 e. The largest absolute Gasteiger partial charge is 0.495 e. The fourth-order valence-corrected chi connectivity index (χ4v) is 5.32. The van der Waals surface area contributed by atoms with Crippen molar-refractivity contribution in [2.75, 3.05) is 14.2 Å². The van der Waals surface area contributed by atoms with Crippen molar-refractivity contribution in [3.8, 4) is 5.75 Å². The van der Waals surface area contributed by atoms with Gasteiger partial charge >= 0.3 is 0 Å². The molecule has 2 aliphatic rings. The van der Waals surface area contributed by atoms with Crippen molar-refractivity contribution >= 4 is 15.9 Å². The third-order valence-electron chi connectivity index (χ3n) is 5.66. The second-order valence-electron chi connectivity index (χ2n) is 7.25. The molecule has 2 unspecified atom stereocenters. The molecular formula is C18H27N3O4S. The van der Waals surface area contributed by atoms with Gasteiger partial charge in [0.05, 0.1) is 7.11 Å². The predicted molar refractivity (Wildman–Crippen MR) is 98.5 cm³/mol. The molecule has 0 spiro atoms. The Balaban J connectivity index is 1.83. The van der Waals surface area contributed by atoms with Crippen molar-refractivity contribution in [2.45, 2.75) is 49.1 Å². The van der Waals surface area contributed by atoms with E-state index in [0.717, 1.165) is 25.7 Å². The van der Waals surface area contributed by atoms with Crippen LogP contribution in [0.3, 0.4) is 0 Å². The number of nitrogens with two attached hydrogens (primary N) is 1. The van der Waals surface area contributed by atoms with Gasteiger partial charge in [0, 0.05) is 17.6 Å². The minimum Gasteiger partial charge on any atom is -0.495 e. The molecule has 0 aromatic heterocycles. The van der Waals surface area contributed by atoms with Gasteiger partial charge in [-0.3, -0.25) is 4.79 Å². The first-order chi connectivity index (χ1) is 12.4. The number of hydrogen-bond donors (Lipinski definition) is 3. The Bertz CT molecular complexity index is 767. The summed E-state index contributed by atoms with van der Waals surface area (Å²) < 4.78 is 31.8. The molecule has 4 N–H and O–H groups in total. The van der Waals surface area contributed by atoms with Crippen LogP contribution in [0.25, 0.3) is 0 Å². The molecule has 2 bridgehead atoms. The fraction of sp³-hybridized carbons (Fsp3) is 0.611. The number of amides is 1. The molecule has 2 atom stereocenters. The van der Waals surface area contributed by atoms with Crippen molar-refractivity contribution in [3.05, 3.63) is 23.8 Å². The molecule has 2 aliphatic carbocycles. The van der Waals surface area contributed by atoms with Gasteiger partial charge in [0.15, 0.2) is 0 Å². The monoisotopic (exact) mass is 381 g/mol. The van der Waals surface area contributed by atoms with Gasteiger partial charge in [-0.1, -0.05) is 6.42 Å². The molecule has 8 heteroatoms. The lowest BCUT2D eigenvalue weighted by molar-refractivity contribution is 0.0756. The van der Waals surface area contributed by atoms with Crippen molar-refractivity contribution in [1.29, 1.82) is 0 Å². The number of benzene rings is 1. The van der Waals surface area contributed by atoms with Crippen LogP contribution in [0.1, 0.15) is 42.5 Å². The minimum atomic E-state index is -3.72. The van der Waals surface area contributed by atoms with Crippen molar-refractivity contribution in [2.24, 2.45) is 17.6 Å². The van der Waals surface area contributed by atoms with E-state index < -0.39 is 10.0 Å². The molecule has 0 aliphatic heterocycles. The molecule has 0 saturated heterocycles. The number of hydrogen-bond acceptors (Lipinski definition) is 5. The van der Waals surface area contributed by atoms with Gasteiger partial charge in [-0.2, -0.15) is 0 Å². The second-order valence-corrected chi connectivity index (χ2v) is 9.11. The van der Waals surface area contributed by atoms with Crippen LogP contribution in [0, 0.1) is 11.8 Å². The highest BCUT2D eigenvalue weighted by Gasteiger charge is 2.40. The fourth-order valence-electron chi connectivity index (χ4n) is 4.40. The Morgan fingerprint density at radius 1 is 1.23 bits per heavy atom. The Labute approximate surface area is 154 Å². The van der Waals surface area contributed by atoms with Gasteiger partial charge in [0.25, 0.3) is 5.91 Å². The molecule has 2 fully saturated rings. The van der Waals surface area contributed by atoms with Gasteiger partial charge < -0.3 is 15.8 Å². The molecule has 2 saturated carbocycles. The lowest BCUT2D eigenvalue weighted by Crippen LogP contribution is -2.53. The highest BCUT2D eigenvalue weighted by Crippen LogP contribution is 2.39. The number of methoxy groups -OCH3 is 1. The first-order valence-electron chi connectivity index (χ1n) is 9.03. The molecule has 1 aromatic carbocycles. The number of ether oxygens (including phenoxy) is 1. The average molecular weight is 381 g/mol. The minimum absolute atomic E-state index is 0.0407. The zero-order chi connectivity index (χ0) is 18.9. The summed E-state index contributed by atoms with van der Waals surface area (Å²) in [5.41, 5.74) is 6.46. The summed E-state index contributed by atoms with van der Waals surface area (Å²) in [5, 5.41) is 3.14. The van der Waals surface area contributed by atoms with E-state index in [1.54, 1.807) is 6.07 Å². The van der Waals surface area contributed by atoms with Crippen molar-refractivity contribution < 1.29 is 17.9 Å². The van der Waals surface area contributed by atoms with Crippen LogP contribution in [-0.2, 0) is 10.0 Å². The van der Waals surface area contributed by atoms with Gasteiger partial charge in [-0.25, -0.2) is 13.1 Å². The lowest BCUT2D eigenvalue weighted by Gasteiger charge is -2.45. The zero-order valence-electron chi connectivity index (χ0n) is 15.2. The van der Waals surface area contributed by atoms with Crippen LogP contribution < -0.4 is 20.5 Å². The SMILES string of the molecule is CNS(=O)(=O)c1cc(C(=O)NC2C3CCCC2CC(N)C3)ccc1OC. The van der Waals surface area contributed by atoms with Crippen LogP contribution in [0.15, 0.2) is 23.1 Å². The molecule has 0 radical (unpaired) electrons. The van der Waals surface area contributed by atoms with Crippen LogP contribution in [-0.4, -0.2) is 40.6 Å². The van der Waals surface area contributed by atoms with Gasteiger partial charge in [-0.05, 0) is 62.8 Å². The topological polar surface area (TPSA) is 111 Å². The molecular weight excluding hydrogens is 354 g/mol. The second kappa shape index (κ2) is 7.54. The number of sulfonamides is 1. The number of carbonyl (C=O) groups excluding carboxylic acids is 1. The normalized spacial score (nSPS) is 28.4. The summed E-state index contributed by atoms with van der Waals surface area (Å²) in [4.78, 5) is 12.8. The summed E-state index contributed by atoms with van der Waals surface area (Å²) in [6, 6.07) is 4.79. The number of nitrogens with one attached hydrogen (secondary N) is 2. The first kappa shape index (κ1) is 19.1. The number of carbonyl (C=O) groups is 1. The molecule has 0 heterocycles. The Kier molecular flexibility index (Phi) is 5.55. The van der Waals surface area contributed by atoms with Crippen LogP contribution in [0.4, 0.5) is 0 Å². The van der Waals surface area contributed by atoms with Crippen molar-refractivity contribution in [1.82, 2.24) is 10.0 Å². The van der Waals surface area contributed by atoms with E-state index >= 15 is 0 Å². The first-order valence-corrected chi connectivity index (χ1v) is 10.5. The smallest absolute Gasteiger partial charge is 0.251 e. The van der Waals surface area contributed by atoms with Gasteiger partial charge in [-0.15, -0.1) is 0 Å². The summed E-state index contributed by atoms with van der Waals surface area (Å²) in [6.45, 7) is 0. The molecule has 1 amide bonds. The zero-order valence-corrected chi connectivity index (χ0v) is 16.0. The Morgan fingerprint density at radius 2 is 1.88 bits per heavy atom. The molecule has 1 aromatic rings. The highest BCUT2D eigenvalue weighted by molar-refractivity contribution is 7.89. The van der Waals surface area contributed by atoms with Gasteiger partial charge in [0.1, 0.15) is 10.6 Å². The van der Waals surface area contributed by atoms with E-state index in [4.69, 9.17) is 10.5 Å².